The van der Waals surface area contributed by atoms with E-state index in [4.69, 9.17) is 5.11 Å². The second-order valence-electron chi connectivity index (χ2n) is 3.76. The van der Waals surface area contributed by atoms with Crippen molar-refractivity contribution < 1.29 is 23.1 Å². The molecule has 2 atom stereocenters. The molecule has 0 bridgehead atoms. The minimum absolute atomic E-state index is 0.143. The summed E-state index contributed by atoms with van der Waals surface area (Å²) < 4.78 is 36.9. The van der Waals surface area contributed by atoms with E-state index in [0.717, 1.165) is 0 Å². The molecule has 0 saturated carbocycles. The Bertz CT molecular complexity index is 421. The lowest BCUT2D eigenvalue weighted by molar-refractivity contribution is -0.139. The minimum atomic E-state index is -4.56. The van der Waals surface area contributed by atoms with Crippen molar-refractivity contribution in [3.63, 3.8) is 0 Å². The highest BCUT2D eigenvalue weighted by Crippen LogP contribution is 2.33. The van der Waals surface area contributed by atoms with Crippen LogP contribution in [0.15, 0.2) is 0 Å². The van der Waals surface area contributed by atoms with Crippen LogP contribution in [-0.2, 0) is 11.0 Å². The molecule has 1 aromatic heterocycles. The third-order valence-electron chi connectivity index (χ3n) is 2.43. The van der Waals surface area contributed by atoms with Crippen LogP contribution in [0.5, 0.6) is 0 Å². The summed E-state index contributed by atoms with van der Waals surface area (Å²) >= 11 is 0.292. The first-order valence-corrected chi connectivity index (χ1v) is 5.97. The Hall–Kier alpha value is -1.38. The van der Waals surface area contributed by atoms with Crippen molar-refractivity contribution in [2.75, 3.05) is 5.32 Å². The van der Waals surface area contributed by atoms with Gasteiger partial charge in [-0.25, -0.2) is 4.79 Å². The molecule has 102 valence electrons. The molecule has 0 spiro atoms. The van der Waals surface area contributed by atoms with Gasteiger partial charge in [0.15, 0.2) is 0 Å². The SMILES string of the molecule is CC[C@H](C)[C@H](Nc1nnc(C(F)(F)F)s1)C(=O)O. The molecule has 0 aliphatic heterocycles. The van der Waals surface area contributed by atoms with E-state index in [9.17, 15) is 18.0 Å². The molecule has 18 heavy (non-hydrogen) atoms. The van der Waals surface area contributed by atoms with Crippen LogP contribution in [0, 0.1) is 5.92 Å². The predicted molar refractivity (Wildman–Crippen MR) is 59.4 cm³/mol. The Balaban J connectivity index is 2.82. The number of hydrogen-bond donors (Lipinski definition) is 2. The van der Waals surface area contributed by atoms with E-state index < -0.39 is 23.2 Å². The van der Waals surface area contributed by atoms with Crippen LogP contribution in [0.2, 0.25) is 0 Å². The Morgan fingerprint density at radius 2 is 2.11 bits per heavy atom. The Kier molecular flexibility index (Phi) is 4.49. The number of aromatic nitrogens is 2. The first-order valence-electron chi connectivity index (χ1n) is 5.15. The summed E-state index contributed by atoms with van der Waals surface area (Å²) in [6.45, 7) is 3.49. The first-order chi connectivity index (χ1) is 8.25. The number of alkyl halides is 3. The van der Waals surface area contributed by atoms with Crippen molar-refractivity contribution >= 4 is 22.4 Å². The number of hydrogen-bond acceptors (Lipinski definition) is 5. The van der Waals surface area contributed by atoms with Gasteiger partial charge < -0.3 is 10.4 Å². The highest BCUT2D eigenvalue weighted by molar-refractivity contribution is 7.15. The lowest BCUT2D eigenvalue weighted by atomic mass is 10.00. The van der Waals surface area contributed by atoms with Gasteiger partial charge in [0.2, 0.25) is 10.1 Å². The zero-order chi connectivity index (χ0) is 13.9. The van der Waals surface area contributed by atoms with E-state index in [1.165, 1.54) is 0 Å². The van der Waals surface area contributed by atoms with Crippen LogP contribution < -0.4 is 5.32 Å². The van der Waals surface area contributed by atoms with Crippen molar-refractivity contribution in [2.45, 2.75) is 32.5 Å². The van der Waals surface area contributed by atoms with E-state index in [2.05, 4.69) is 15.5 Å². The molecule has 0 saturated heterocycles. The van der Waals surface area contributed by atoms with Gasteiger partial charge in [0.1, 0.15) is 6.04 Å². The molecule has 9 heteroatoms. The maximum Gasteiger partial charge on any atom is 0.445 e. The monoisotopic (exact) mass is 283 g/mol. The lowest BCUT2D eigenvalue weighted by Crippen LogP contribution is -2.35. The molecular formula is C9H12F3N3O2S. The van der Waals surface area contributed by atoms with Crippen molar-refractivity contribution in [2.24, 2.45) is 5.92 Å². The van der Waals surface area contributed by atoms with Gasteiger partial charge in [-0.05, 0) is 5.92 Å². The standard InChI is InChI=1S/C9H12F3N3O2S/c1-3-4(2)5(6(16)17)13-8-15-14-7(18-8)9(10,11)12/h4-5H,3H2,1-2H3,(H,13,15)(H,16,17)/t4-,5-/m0/s1. The number of nitrogens with one attached hydrogen (secondary N) is 1. The summed E-state index contributed by atoms with van der Waals surface area (Å²) in [6.07, 6.45) is -3.98. The van der Waals surface area contributed by atoms with Gasteiger partial charge in [-0.3, -0.25) is 0 Å². The minimum Gasteiger partial charge on any atom is -0.480 e. The number of carbonyl (C=O) groups is 1. The van der Waals surface area contributed by atoms with Gasteiger partial charge in [-0.15, -0.1) is 10.2 Å². The molecule has 0 unspecified atom stereocenters. The maximum atomic E-state index is 12.3. The molecule has 0 aliphatic rings. The normalized spacial score (nSPS) is 15.2. The van der Waals surface area contributed by atoms with Gasteiger partial charge in [0.05, 0.1) is 0 Å². The molecule has 2 N–H and O–H groups in total. The van der Waals surface area contributed by atoms with Gasteiger partial charge in [0, 0.05) is 0 Å². The van der Waals surface area contributed by atoms with Crippen LogP contribution in [-0.4, -0.2) is 27.3 Å². The Morgan fingerprint density at radius 1 is 1.50 bits per heavy atom. The summed E-state index contributed by atoms with van der Waals surface area (Å²) in [7, 11) is 0. The zero-order valence-electron chi connectivity index (χ0n) is 9.65. The van der Waals surface area contributed by atoms with Crippen LogP contribution >= 0.6 is 11.3 Å². The quantitative estimate of drug-likeness (QED) is 0.868. The Labute approximate surface area is 105 Å². The van der Waals surface area contributed by atoms with E-state index in [0.29, 0.717) is 17.8 Å². The van der Waals surface area contributed by atoms with Crippen molar-refractivity contribution in [3.05, 3.63) is 5.01 Å². The second-order valence-corrected chi connectivity index (χ2v) is 4.73. The van der Waals surface area contributed by atoms with E-state index in [-0.39, 0.29) is 11.0 Å². The number of nitrogens with zero attached hydrogens (tertiary/aromatic N) is 2. The summed E-state index contributed by atoms with van der Waals surface area (Å²) in [6, 6.07) is -0.982. The fraction of sp³-hybridized carbons (Fsp3) is 0.667. The molecule has 0 radical (unpaired) electrons. The molecule has 0 amide bonds. The van der Waals surface area contributed by atoms with Crippen molar-refractivity contribution in [1.29, 1.82) is 0 Å². The number of aliphatic carboxylic acids is 1. The van der Waals surface area contributed by atoms with Crippen LogP contribution in [0.1, 0.15) is 25.3 Å². The molecular weight excluding hydrogens is 271 g/mol. The van der Waals surface area contributed by atoms with Crippen molar-refractivity contribution in [3.8, 4) is 0 Å². The average Bonchev–Trinajstić information content (AvgIpc) is 2.72. The molecule has 0 fully saturated rings. The van der Waals surface area contributed by atoms with Gasteiger partial charge in [0.25, 0.3) is 0 Å². The van der Waals surface area contributed by atoms with Crippen LogP contribution in [0.3, 0.4) is 0 Å². The summed E-state index contributed by atoms with van der Waals surface area (Å²) in [5, 5.41) is 16.5. The van der Waals surface area contributed by atoms with Gasteiger partial charge >= 0.3 is 12.1 Å². The maximum absolute atomic E-state index is 12.3. The van der Waals surface area contributed by atoms with Crippen LogP contribution in [0.4, 0.5) is 18.3 Å². The van der Waals surface area contributed by atoms with Crippen LogP contribution in [0.25, 0.3) is 0 Å². The Morgan fingerprint density at radius 3 is 2.50 bits per heavy atom. The fourth-order valence-electron chi connectivity index (χ4n) is 1.21. The van der Waals surface area contributed by atoms with E-state index in [1.54, 1.807) is 13.8 Å². The topological polar surface area (TPSA) is 75.1 Å². The molecule has 1 rings (SSSR count). The number of carboxylic acids is 1. The first kappa shape index (κ1) is 14.7. The number of anilines is 1. The third-order valence-corrected chi connectivity index (χ3v) is 3.32. The number of rotatable bonds is 5. The van der Waals surface area contributed by atoms with Crippen molar-refractivity contribution in [1.82, 2.24) is 10.2 Å². The average molecular weight is 283 g/mol. The largest absolute Gasteiger partial charge is 0.480 e. The fourth-order valence-corrected chi connectivity index (χ4v) is 1.86. The molecule has 5 nitrogen and oxygen atoms in total. The molecule has 1 aromatic rings. The molecule has 0 aliphatic carbocycles. The number of halogens is 3. The lowest BCUT2D eigenvalue weighted by Gasteiger charge is -2.18. The summed E-state index contributed by atoms with van der Waals surface area (Å²) in [4.78, 5) is 11.0. The highest BCUT2D eigenvalue weighted by atomic mass is 32.1. The van der Waals surface area contributed by atoms with E-state index in [1.807, 2.05) is 0 Å². The highest BCUT2D eigenvalue weighted by Gasteiger charge is 2.36. The number of carboxylic acid groups (broad SMARTS) is 1. The smallest absolute Gasteiger partial charge is 0.445 e. The van der Waals surface area contributed by atoms with Gasteiger partial charge in [-0.2, -0.15) is 13.2 Å². The summed E-state index contributed by atoms with van der Waals surface area (Å²) in [5.74, 6) is -1.37. The predicted octanol–water partition coefficient (Wildman–Crippen LogP) is 2.47. The zero-order valence-corrected chi connectivity index (χ0v) is 10.5. The van der Waals surface area contributed by atoms with E-state index >= 15 is 0 Å². The molecule has 1 heterocycles. The summed E-state index contributed by atoms with van der Waals surface area (Å²) in [5.41, 5.74) is 0. The third kappa shape index (κ3) is 3.56. The molecule has 0 aromatic carbocycles. The van der Waals surface area contributed by atoms with Gasteiger partial charge in [-0.1, -0.05) is 31.6 Å². The second kappa shape index (κ2) is 5.51.